The van der Waals surface area contributed by atoms with Crippen LogP contribution < -0.4 is 4.90 Å². The number of rotatable bonds is 8. The van der Waals surface area contributed by atoms with Crippen molar-refractivity contribution in [2.45, 2.75) is 71.8 Å². The van der Waals surface area contributed by atoms with Crippen LogP contribution in [0, 0.1) is 12.8 Å². The van der Waals surface area contributed by atoms with Crippen molar-refractivity contribution in [2.24, 2.45) is 5.92 Å². The summed E-state index contributed by atoms with van der Waals surface area (Å²) >= 11 is 11.7. The number of ether oxygens (including phenoxy) is 1. The highest BCUT2D eigenvalue weighted by atomic mass is 35.5. The first kappa shape index (κ1) is 31.4. The number of aryl methyl sites for hydroxylation is 1. The van der Waals surface area contributed by atoms with Gasteiger partial charge in [0.2, 0.25) is 5.89 Å². The molecule has 204 valence electrons. The molecule has 0 radical (unpaired) electrons. The lowest BCUT2D eigenvalue weighted by Gasteiger charge is -2.28. The van der Waals surface area contributed by atoms with Gasteiger partial charge in [0.1, 0.15) is 12.3 Å². The molecule has 4 rings (SSSR count). The largest absolute Gasteiger partial charge is 0.445 e. The van der Waals surface area contributed by atoms with E-state index in [9.17, 15) is 0 Å². The summed E-state index contributed by atoms with van der Waals surface area (Å²) in [5.41, 5.74) is 2.40. The molecule has 1 heterocycles. The van der Waals surface area contributed by atoms with Crippen molar-refractivity contribution in [1.29, 1.82) is 0 Å². The summed E-state index contributed by atoms with van der Waals surface area (Å²) < 4.78 is 11.3. The van der Waals surface area contributed by atoms with Crippen LogP contribution in [0.2, 0.25) is 10.0 Å². The Morgan fingerprint density at radius 1 is 1.00 bits per heavy atom. The van der Waals surface area contributed by atoms with Crippen LogP contribution in [0.3, 0.4) is 0 Å². The highest BCUT2D eigenvalue weighted by molar-refractivity contribution is 6.42. The highest BCUT2D eigenvalue weighted by Crippen LogP contribution is 2.40. The Balaban J connectivity index is 0.000000242. The molecule has 0 amide bonds. The second-order valence-corrected chi connectivity index (χ2v) is 10.9. The van der Waals surface area contributed by atoms with E-state index in [-0.39, 0.29) is 0 Å². The zero-order chi connectivity index (χ0) is 27.0. The van der Waals surface area contributed by atoms with Crippen LogP contribution in [0.4, 0.5) is 0 Å². The number of aromatic nitrogens is 1. The molecule has 1 aliphatic rings. The molecule has 1 unspecified atom stereocenters. The van der Waals surface area contributed by atoms with E-state index in [2.05, 4.69) is 63.3 Å². The number of nitrogens with zero attached hydrogens (tertiary/aromatic N) is 1. The van der Waals surface area contributed by atoms with Gasteiger partial charge in [-0.15, -0.1) is 0 Å². The van der Waals surface area contributed by atoms with Crippen molar-refractivity contribution in [1.82, 2.24) is 4.98 Å². The van der Waals surface area contributed by atoms with Crippen LogP contribution in [0.25, 0.3) is 0 Å². The van der Waals surface area contributed by atoms with Crippen LogP contribution in [-0.2, 0) is 11.3 Å². The van der Waals surface area contributed by atoms with Gasteiger partial charge in [0.15, 0.2) is 0 Å². The van der Waals surface area contributed by atoms with Gasteiger partial charge in [-0.1, -0.05) is 99.1 Å². The van der Waals surface area contributed by atoms with E-state index < -0.39 is 0 Å². The van der Waals surface area contributed by atoms with Gasteiger partial charge in [-0.2, -0.15) is 0 Å². The van der Waals surface area contributed by atoms with Gasteiger partial charge in [-0.25, -0.2) is 4.98 Å². The number of nitrogens with one attached hydrogen (secondary N) is 1. The van der Waals surface area contributed by atoms with Crippen molar-refractivity contribution >= 4 is 23.2 Å². The monoisotopic (exact) mass is 547 g/mol. The quantitative estimate of drug-likeness (QED) is 0.293. The van der Waals surface area contributed by atoms with Gasteiger partial charge in [0, 0.05) is 0 Å². The molecule has 0 bridgehead atoms. The molecule has 0 spiro atoms. The second-order valence-electron chi connectivity index (χ2n) is 10.1. The molecule has 1 N–H and O–H groups in total. The number of quaternary nitrogens is 1. The molecule has 1 fully saturated rings. The third-order valence-corrected chi connectivity index (χ3v) is 6.92. The maximum Gasteiger partial charge on any atom is 0.202 e. The molecule has 6 heteroatoms. The van der Waals surface area contributed by atoms with Crippen molar-refractivity contribution in [3.05, 3.63) is 87.6 Å². The van der Waals surface area contributed by atoms with Gasteiger partial charge < -0.3 is 14.1 Å². The summed E-state index contributed by atoms with van der Waals surface area (Å²) in [5.74, 6) is 2.81. The Morgan fingerprint density at radius 2 is 1.68 bits per heavy atom. The van der Waals surface area contributed by atoms with E-state index in [1.54, 1.807) is 6.07 Å². The zero-order valence-corrected chi connectivity index (χ0v) is 24.7. The smallest absolute Gasteiger partial charge is 0.202 e. The van der Waals surface area contributed by atoms with Crippen molar-refractivity contribution in [3.63, 3.8) is 0 Å². The molecule has 0 saturated heterocycles. The molecule has 0 aliphatic heterocycles. The number of benzene rings is 2. The minimum absolute atomic E-state index is 0.329. The number of hydrogen-bond acceptors (Lipinski definition) is 3. The van der Waals surface area contributed by atoms with Crippen LogP contribution in [-0.4, -0.2) is 32.2 Å². The Hall–Kier alpha value is -1.85. The Morgan fingerprint density at radius 3 is 2.24 bits per heavy atom. The lowest BCUT2D eigenvalue weighted by Crippen LogP contribution is -3.06. The van der Waals surface area contributed by atoms with Crippen LogP contribution in [0.5, 0.6) is 0 Å². The SMILES string of the molecule is CCC.C[NH+](C)CCOCc1ccc(Cl)c(Cl)c1.Cc1cnc(C(c2ccccc2)C2CCCCC2)o1. The fourth-order valence-corrected chi connectivity index (χ4v) is 4.68. The fourth-order valence-electron chi connectivity index (χ4n) is 4.36. The summed E-state index contributed by atoms with van der Waals surface area (Å²) in [6.07, 6.45) is 9.74. The number of oxazole rings is 1. The number of hydrogen-bond donors (Lipinski definition) is 1. The zero-order valence-electron chi connectivity index (χ0n) is 23.2. The summed E-state index contributed by atoms with van der Waals surface area (Å²) in [6, 6.07) is 16.3. The van der Waals surface area contributed by atoms with Crippen molar-refractivity contribution < 1.29 is 14.1 Å². The molecule has 3 aromatic rings. The third-order valence-electron chi connectivity index (χ3n) is 6.18. The summed E-state index contributed by atoms with van der Waals surface area (Å²) in [4.78, 5) is 5.88. The summed E-state index contributed by atoms with van der Waals surface area (Å²) in [6.45, 7) is 8.56. The average molecular weight is 549 g/mol. The van der Waals surface area contributed by atoms with Crippen molar-refractivity contribution in [2.75, 3.05) is 27.2 Å². The van der Waals surface area contributed by atoms with Gasteiger partial charge >= 0.3 is 0 Å². The van der Waals surface area contributed by atoms with Gasteiger partial charge in [-0.3, -0.25) is 0 Å². The van der Waals surface area contributed by atoms with Crippen molar-refractivity contribution in [3.8, 4) is 0 Å². The predicted octanol–water partition coefficient (Wildman–Crippen LogP) is 7.77. The topological polar surface area (TPSA) is 39.7 Å². The van der Waals surface area contributed by atoms with Gasteiger partial charge in [0.05, 0.1) is 49.5 Å². The minimum atomic E-state index is 0.329. The lowest BCUT2D eigenvalue weighted by atomic mass is 9.77. The predicted molar refractivity (Wildman–Crippen MR) is 156 cm³/mol. The molecule has 4 nitrogen and oxygen atoms in total. The maximum absolute atomic E-state index is 5.89. The fraction of sp³-hybridized carbons (Fsp3) is 0.516. The van der Waals surface area contributed by atoms with E-state index in [1.807, 2.05) is 25.3 Å². The molecule has 1 aromatic heterocycles. The molecular weight excluding hydrogens is 503 g/mol. The molecule has 1 aliphatic carbocycles. The maximum atomic E-state index is 5.89. The normalized spacial score (nSPS) is 14.4. The first-order valence-corrected chi connectivity index (χ1v) is 14.4. The summed E-state index contributed by atoms with van der Waals surface area (Å²) in [7, 11) is 4.20. The molecule has 1 atom stereocenters. The van der Waals surface area contributed by atoms with Crippen LogP contribution in [0.1, 0.15) is 81.1 Å². The Bertz CT molecular complexity index is 1000. The second kappa shape index (κ2) is 17.6. The Kier molecular flexibility index (Phi) is 14.9. The molecular formula is C31H45Cl2N2O2+. The number of likely N-dealkylation sites (N-methyl/N-ethyl adjacent to an activating group) is 1. The standard InChI is InChI=1S/C17H21NO.C11H15Cl2NO.C3H8/c1-13-12-18-17(19-13)16(14-8-4-2-5-9-14)15-10-6-3-7-11-15;1-14(2)5-6-15-8-9-3-4-10(12)11(13)7-9;1-3-2/h2,4-5,8-9,12,15-16H,3,6-7,10-11H2,1H3;3-4,7H,5-6,8H2,1-2H3;3H2,1-2H3/p+1. The first-order chi connectivity index (χ1) is 17.8. The average Bonchev–Trinajstić information content (AvgIpc) is 3.32. The van der Waals surface area contributed by atoms with Crippen LogP contribution in [0.15, 0.2) is 59.1 Å². The van der Waals surface area contributed by atoms with Gasteiger partial charge in [0.25, 0.3) is 0 Å². The minimum Gasteiger partial charge on any atom is -0.445 e. The molecule has 1 saturated carbocycles. The van der Waals surface area contributed by atoms with E-state index in [4.69, 9.17) is 32.4 Å². The lowest BCUT2D eigenvalue weighted by molar-refractivity contribution is -0.858. The third kappa shape index (κ3) is 11.6. The first-order valence-electron chi connectivity index (χ1n) is 13.6. The summed E-state index contributed by atoms with van der Waals surface area (Å²) in [5, 5.41) is 1.16. The van der Waals surface area contributed by atoms with Crippen LogP contribution >= 0.6 is 23.2 Å². The van der Waals surface area contributed by atoms with E-state index in [0.29, 0.717) is 28.5 Å². The van der Waals surface area contributed by atoms with E-state index >= 15 is 0 Å². The highest BCUT2D eigenvalue weighted by Gasteiger charge is 2.29. The molecule has 2 aromatic carbocycles. The number of halogens is 2. The van der Waals surface area contributed by atoms with E-state index in [1.165, 1.54) is 49.0 Å². The van der Waals surface area contributed by atoms with Gasteiger partial charge in [-0.05, 0) is 48.9 Å². The molecule has 37 heavy (non-hydrogen) atoms. The Labute approximate surface area is 234 Å². The van der Waals surface area contributed by atoms with E-state index in [0.717, 1.165) is 30.4 Å².